The van der Waals surface area contributed by atoms with Crippen molar-refractivity contribution in [1.82, 2.24) is 24.9 Å². The molecule has 0 atom stereocenters. The summed E-state index contributed by atoms with van der Waals surface area (Å²) in [6, 6.07) is 7.47. The highest BCUT2D eigenvalue weighted by Gasteiger charge is 2.14. The van der Waals surface area contributed by atoms with Crippen molar-refractivity contribution in [3.8, 4) is 0 Å². The Morgan fingerprint density at radius 3 is 2.85 bits per heavy atom. The van der Waals surface area contributed by atoms with Crippen molar-refractivity contribution in [3.05, 3.63) is 51.8 Å². The molecule has 0 unspecified atom stereocenters. The van der Waals surface area contributed by atoms with Gasteiger partial charge in [-0.2, -0.15) is 4.98 Å². The van der Waals surface area contributed by atoms with Crippen LogP contribution in [0, 0.1) is 13.8 Å². The normalized spacial score (nSPS) is 11.1. The zero-order valence-electron chi connectivity index (χ0n) is 14.9. The Balaban J connectivity index is 1.66. The minimum absolute atomic E-state index is 0.00716. The summed E-state index contributed by atoms with van der Waals surface area (Å²) in [5.74, 6) is 0.589. The molecule has 6 nitrogen and oxygen atoms in total. The van der Waals surface area contributed by atoms with Crippen molar-refractivity contribution in [1.29, 1.82) is 0 Å². The number of hydrogen-bond donors (Lipinski definition) is 1. The molecule has 1 N–H and O–H groups in total. The molecule has 8 heteroatoms. The van der Waals surface area contributed by atoms with E-state index in [1.807, 2.05) is 44.4 Å². The Labute approximate surface area is 161 Å². The lowest BCUT2D eigenvalue weighted by Gasteiger charge is -2.10. The van der Waals surface area contributed by atoms with Crippen LogP contribution in [0.25, 0.3) is 5.78 Å². The highest BCUT2D eigenvalue weighted by molar-refractivity contribution is 7.98. The molecule has 0 aliphatic carbocycles. The van der Waals surface area contributed by atoms with E-state index in [9.17, 15) is 4.79 Å². The van der Waals surface area contributed by atoms with Crippen LogP contribution in [-0.4, -0.2) is 31.7 Å². The Kier molecular flexibility index (Phi) is 5.78. The number of aryl methyl sites for hydroxylation is 2. The molecule has 1 aromatic carbocycles. The fourth-order valence-corrected chi connectivity index (χ4v) is 3.36. The largest absolute Gasteiger partial charge is 0.352 e. The van der Waals surface area contributed by atoms with Crippen LogP contribution in [0.4, 0.5) is 0 Å². The molecule has 0 aliphatic heterocycles. The summed E-state index contributed by atoms with van der Waals surface area (Å²) in [5.41, 5.74) is 3.88. The average molecular weight is 390 g/mol. The number of fused-ring (bicyclic) bond motifs is 1. The summed E-state index contributed by atoms with van der Waals surface area (Å²) < 4.78 is 1.75. The number of nitrogens with zero attached hydrogens (tertiary/aromatic N) is 4. The van der Waals surface area contributed by atoms with Crippen LogP contribution in [-0.2, 0) is 17.8 Å². The lowest BCUT2D eigenvalue weighted by Crippen LogP contribution is -2.23. The lowest BCUT2D eigenvalue weighted by molar-refractivity contribution is -0.121. The molecule has 0 saturated heterocycles. The van der Waals surface area contributed by atoms with Gasteiger partial charge in [-0.25, -0.2) is 9.50 Å². The maximum Gasteiger partial charge on any atom is 0.253 e. The van der Waals surface area contributed by atoms with Crippen LogP contribution in [0.15, 0.2) is 29.4 Å². The number of benzene rings is 1. The second-order valence-electron chi connectivity index (χ2n) is 5.98. The van der Waals surface area contributed by atoms with Crippen molar-refractivity contribution < 1.29 is 4.79 Å². The van der Waals surface area contributed by atoms with Crippen LogP contribution in [0.1, 0.15) is 28.9 Å². The van der Waals surface area contributed by atoms with E-state index in [-0.39, 0.29) is 5.91 Å². The molecule has 0 radical (unpaired) electrons. The number of rotatable bonds is 6. The molecule has 3 rings (SSSR count). The first-order valence-corrected chi connectivity index (χ1v) is 9.86. The molecule has 1 amide bonds. The highest BCUT2D eigenvalue weighted by atomic mass is 35.5. The first kappa shape index (κ1) is 18.7. The van der Waals surface area contributed by atoms with E-state index in [0.29, 0.717) is 35.3 Å². The number of hydrogen-bond acceptors (Lipinski definition) is 5. The molecule has 0 aliphatic rings. The number of carbonyl (C=O) groups excluding carboxylic acids is 1. The molecule has 2 aromatic heterocycles. The number of halogens is 1. The quantitative estimate of drug-likeness (QED) is 0.654. The fourth-order valence-electron chi connectivity index (χ4n) is 2.81. The summed E-state index contributed by atoms with van der Waals surface area (Å²) in [7, 11) is 0. The number of nitrogens with one attached hydrogen (secondary N) is 1. The molecular formula is C18H20ClN5OS. The second-order valence-corrected chi connectivity index (χ2v) is 7.19. The smallest absolute Gasteiger partial charge is 0.253 e. The molecule has 2 heterocycles. The van der Waals surface area contributed by atoms with Gasteiger partial charge in [0, 0.05) is 29.4 Å². The van der Waals surface area contributed by atoms with Gasteiger partial charge in [0.25, 0.3) is 5.78 Å². The van der Waals surface area contributed by atoms with E-state index in [0.717, 1.165) is 22.5 Å². The molecule has 136 valence electrons. The Hall–Kier alpha value is -2.12. The SMILES string of the molecule is CSc1nc2nc(C)c(CCC(=O)NCc3cccc(Cl)c3)c(C)n2n1. The first-order valence-electron chi connectivity index (χ1n) is 8.26. The Bertz CT molecular complexity index is 956. The summed E-state index contributed by atoms with van der Waals surface area (Å²) >= 11 is 7.44. The molecule has 0 saturated carbocycles. The first-order chi connectivity index (χ1) is 12.5. The van der Waals surface area contributed by atoms with Gasteiger partial charge in [-0.3, -0.25) is 4.79 Å². The zero-order chi connectivity index (χ0) is 18.7. The zero-order valence-corrected chi connectivity index (χ0v) is 16.5. The van der Waals surface area contributed by atoms with Crippen LogP contribution in [0.3, 0.4) is 0 Å². The van der Waals surface area contributed by atoms with Gasteiger partial charge in [0.15, 0.2) is 0 Å². The molecule has 0 bridgehead atoms. The van der Waals surface area contributed by atoms with Crippen LogP contribution in [0.2, 0.25) is 5.02 Å². The van der Waals surface area contributed by atoms with Gasteiger partial charge in [-0.1, -0.05) is 35.5 Å². The Morgan fingerprint density at radius 1 is 1.31 bits per heavy atom. The second kappa shape index (κ2) is 8.05. The molecule has 0 fully saturated rings. The maximum atomic E-state index is 12.2. The van der Waals surface area contributed by atoms with Crippen molar-refractivity contribution in [3.63, 3.8) is 0 Å². The van der Waals surface area contributed by atoms with E-state index in [4.69, 9.17) is 11.6 Å². The third-order valence-corrected chi connectivity index (χ3v) is 4.97. The fraction of sp³-hybridized carbons (Fsp3) is 0.333. The van der Waals surface area contributed by atoms with E-state index in [2.05, 4.69) is 20.4 Å². The van der Waals surface area contributed by atoms with E-state index >= 15 is 0 Å². The average Bonchev–Trinajstić information content (AvgIpc) is 3.03. The van der Waals surface area contributed by atoms with E-state index < -0.39 is 0 Å². The highest BCUT2D eigenvalue weighted by Crippen LogP contribution is 2.18. The minimum Gasteiger partial charge on any atom is -0.352 e. The van der Waals surface area contributed by atoms with Crippen LogP contribution >= 0.6 is 23.4 Å². The van der Waals surface area contributed by atoms with Crippen LogP contribution in [0.5, 0.6) is 0 Å². The predicted octanol–water partition coefficient (Wildman–Crippen LogP) is 3.37. The summed E-state index contributed by atoms with van der Waals surface area (Å²) in [4.78, 5) is 21.1. The molecule has 26 heavy (non-hydrogen) atoms. The van der Waals surface area contributed by atoms with E-state index in [1.54, 1.807) is 4.52 Å². The molecule has 3 aromatic rings. The van der Waals surface area contributed by atoms with Crippen LogP contribution < -0.4 is 5.32 Å². The standard InChI is InChI=1S/C18H20ClN5OS/c1-11-15(12(2)24-17(21-11)22-18(23-24)26-3)7-8-16(25)20-10-13-5-4-6-14(19)9-13/h4-6,9H,7-8,10H2,1-3H3,(H,20,25). The monoisotopic (exact) mass is 389 g/mol. The van der Waals surface area contributed by atoms with Gasteiger partial charge in [-0.15, -0.1) is 5.10 Å². The molecular weight excluding hydrogens is 370 g/mol. The minimum atomic E-state index is -0.00716. The summed E-state index contributed by atoms with van der Waals surface area (Å²) in [5, 5.41) is 8.72. The van der Waals surface area contributed by atoms with Gasteiger partial charge in [0.2, 0.25) is 11.1 Å². The van der Waals surface area contributed by atoms with Crippen molar-refractivity contribution in [2.45, 2.75) is 38.4 Å². The number of carbonyl (C=O) groups is 1. The summed E-state index contributed by atoms with van der Waals surface area (Å²) in [6.07, 6.45) is 2.93. The van der Waals surface area contributed by atoms with Gasteiger partial charge >= 0.3 is 0 Å². The van der Waals surface area contributed by atoms with Crippen molar-refractivity contribution in [2.24, 2.45) is 0 Å². The number of aromatic nitrogens is 4. The maximum absolute atomic E-state index is 12.2. The van der Waals surface area contributed by atoms with Crippen molar-refractivity contribution in [2.75, 3.05) is 6.26 Å². The predicted molar refractivity (Wildman–Crippen MR) is 104 cm³/mol. The van der Waals surface area contributed by atoms with Crippen molar-refractivity contribution >= 4 is 35.0 Å². The van der Waals surface area contributed by atoms with Gasteiger partial charge < -0.3 is 5.32 Å². The van der Waals surface area contributed by atoms with Gasteiger partial charge in [-0.05, 0) is 49.8 Å². The lowest BCUT2D eigenvalue weighted by atomic mass is 10.1. The number of amides is 1. The van der Waals surface area contributed by atoms with E-state index in [1.165, 1.54) is 11.8 Å². The third kappa shape index (κ3) is 4.16. The number of thioether (sulfide) groups is 1. The van der Waals surface area contributed by atoms with Gasteiger partial charge in [0.1, 0.15) is 0 Å². The Morgan fingerprint density at radius 2 is 2.12 bits per heavy atom. The van der Waals surface area contributed by atoms with Gasteiger partial charge in [0.05, 0.1) is 0 Å². The summed E-state index contributed by atoms with van der Waals surface area (Å²) in [6.45, 7) is 4.40. The topological polar surface area (TPSA) is 72.2 Å². The third-order valence-electron chi connectivity index (χ3n) is 4.19. The molecule has 0 spiro atoms.